The summed E-state index contributed by atoms with van der Waals surface area (Å²) in [5, 5.41) is 6.13. The molecule has 0 atom stereocenters. The van der Waals surface area contributed by atoms with Crippen molar-refractivity contribution >= 4 is 22.2 Å². The highest BCUT2D eigenvalue weighted by atomic mass is 32.1. The average molecular weight is 302 g/mol. The number of halogens is 3. The maximum atomic E-state index is 12.5. The molecule has 0 amide bonds. The molecule has 20 heavy (non-hydrogen) atoms. The lowest BCUT2D eigenvalue weighted by Crippen LogP contribution is -2.21. The number of nitrogens with two attached hydrogens (primary N) is 1. The number of nitrogens with zero attached hydrogens (tertiary/aromatic N) is 3. The van der Waals surface area contributed by atoms with Gasteiger partial charge in [0.1, 0.15) is 0 Å². The van der Waals surface area contributed by atoms with Crippen LogP contribution in [-0.4, -0.2) is 16.7 Å². The summed E-state index contributed by atoms with van der Waals surface area (Å²) in [6.45, 7) is 2.82. The van der Waals surface area contributed by atoms with Crippen molar-refractivity contribution in [3.8, 4) is 0 Å². The van der Waals surface area contributed by atoms with Gasteiger partial charge >= 0.3 is 6.18 Å². The number of aromatic nitrogens is 2. The molecule has 0 saturated heterocycles. The van der Waals surface area contributed by atoms with Crippen molar-refractivity contribution in [1.29, 1.82) is 0 Å². The Labute approximate surface area is 118 Å². The van der Waals surface area contributed by atoms with Gasteiger partial charge in [-0.1, -0.05) is 23.5 Å². The number of benzene rings is 1. The van der Waals surface area contributed by atoms with E-state index in [0.29, 0.717) is 30.1 Å². The predicted octanol–water partition coefficient (Wildman–Crippen LogP) is 3.17. The van der Waals surface area contributed by atoms with E-state index >= 15 is 0 Å². The summed E-state index contributed by atoms with van der Waals surface area (Å²) in [5.74, 6) is 0. The zero-order valence-electron chi connectivity index (χ0n) is 10.7. The molecule has 1 heterocycles. The fourth-order valence-corrected chi connectivity index (χ4v) is 2.46. The minimum absolute atomic E-state index is 0.252. The molecule has 4 nitrogen and oxygen atoms in total. The van der Waals surface area contributed by atoms with Gasteiger partial charge in [-0.15, -0.1) is 10.2 Å². The van der Waals surface area contributed by atoms with Crippen molar-refractivity contribution in [3.05, 3.63) is 34.8 Å². The molecule has 0 aliphatic rings. The zero-order valence-corrected chi connectivity index (χ0v) is 11.5. The van der Waals surface area contributed by atoms with Gasteiger partial charge in [0.25, 0.3) is 0 Å². The molecule has 0 unspecified atom stereocenters. The van der Waals surface area contributed by atoms with Crippen LogP contribution in [0.25, 0.3) is 0 Å². The second kappa shape index (κ2) is 5.66. The van der Waals surface area contributed by atoms with Crippen molar-refractivity contribution in [1.82, 2.24) is 10.2 Å². The van der Waals surface area contributed by atoms with Gasteiger partial charge in [-0.3, -0.25) is 0 Å². The molecule has 0 spiro atoms. The Morgan fingerprint density at radius 3 is 2.60 bits per heavy atom. The Kier molecular flexibility index (Phi) is 4.12. The van der Waals surface area contributed by atoms with Crippen LogP contribution in [0.15, 0.2) is 24.3 Å². The van der Waals surface area contributed by atoms with E-state index in [9.17, 15) is 13.2 Å². The monoisotopic (exact) mass is 302 g/mol. The van der Waals surface area contributed by atoms with Gasteiger partial charge < -0.3 is 10.6 Å². The van der Waals surface area contributed by atoms with E-state index in [-0.39, 0.29) is 5.13 Å². The summed E-state index contributed by atoms with van der Waals surface area (Å²) in [6.07, 6.45) is -4.45. The van der Waals surface area contributed by atoms with Crippen molar-refractivity contribution in [2.24, 2.45) is 0 Å². The number of hydrogen-bond donors (Lipinski definition) is 1. The van der Waals surface area contributed by atoms with Crippen molar-refractivity contribution in [3.63, 3.8) is 0 Å². The first-order chi connectivity index (χ1) is 9.40. The number of anilines is 2. The molecular weight excluding hydrogens is 289 g/mol. The molecule has 1 aromatic heterocycles. The van der Waals surface area contributed by atoms with E-state index in [2.05, 4.69) is 10.2 Å². The molecule has 0 aliphatic carbocycles. The summed E-state index contributed by atoms with van der Waals surface area (Å²) in [6, 6.07) is 7.21. The second-order valence-corrected chi connectivity index (χ2v) is 5.10. The Bertz CT molecular complexity index is 582. The SMILES string of the molecule is CCN(Cc1cccc(N)c1)c1nnc(C(F)(F)F)s1. The van der Waals surface area contributed by atoms with Crippen LogP contribution in [0.2, 0.25) is 0 Å². The minimum Gasteiger partial charge on any atom is -0.399 e. The van der Waals surface area contributed by atoms with E-state index in [1.165, 1.54) is 0 Å². The van der Waals surface area contributed by atoms with E-state index in [4.69, 9.17) is 5.73 Å². The highest BCUT2D eigenvalue weighted by Gasteiger charge is 2.36. The first-order valence-corrected chi connectivity index (χ1v) is 6.72. The third-order valence-corrected chi connectivity index (χ3v) is 3.66. The van der Waals surface area contributed by atoms with Gasteiger partial charge in [0, 0.05) is 18.8 Å². The van der Waals surface area contributed by atoms with Gasteiger partial charge in [-0.2, -0.15) is 13.2 Å². The van der Waals surface area contributed by atoms with Gasteiger partial charge in [0.2, 0.25) is 10.1 Å². The van der Waals surface area contributed by atoms with Gasteiger partial charge in [-0.25, -0.2) is 0 Å². The summed E-state index contributed by atoms with van der Waals surface area (Å²) in [7, 11) is 0. The van der Waals surface area contributed by atoms with Crippen LogP contribution in [0.4, 0.5) is 24.0 Å². The van der Waals surface area contributed by atoms with E-state index in [1.807, 2.05) is 13.0 Å². The van der Waals surface area contributed by atoms with Crippen LogP contribution in [-0.2, 0) is 12.7 Å². The normalized spacial score (nSPS) is 11.6. The number of nitrogen functional groups attached to an aromatic ring is 1. The van der Waals surface area contributed by atoms with Crippen LogP contribution >= 0.6 is 11.3 Å². The molecule has 8 heteroatoms. The second-order valence-electron chi connectivity index (χ2n) is 4.15. The molecule has 1 aromatic carbocycles. The van der Waals surface area contributed by atoms with Crippen molar-refractivity contribution < 1.29 is 13.2 Å². The Balaban J connectivity index is 2.18. The van der Waals surface area contributed by atoms with Crippen LogP contribution in [0.3, 0.4) is 0 Å². The van der Waals surface area contributed by atoms with E-state index < -0.39 is 11.2 Å². The fourth-order valence-electron chi connectivity index (χ4n) is 1.68. The molecular formula is C12H13F3N4S. The molecule has 0 radical (unpaired) electrons. The van der Waals surface area contributed by atoms with Crippen LogP contribution < -0.4 is 10.6 Å². The number of alkyl halides is 3. The zero-order chi connectivity index (χ0) is 14.8. The molecule has 0 saturated carbocycles. The van der Waals surface area contributed by atoms with Gasteiger partial charge in [-0.05, 0) is 24.6 Å². The largest absolute Gasteiger partial charge is 0.445 e. The van der Waals surface area contributed by atoms with Crippen LogP contribution in [0, 0.1) is 0 Å². The summed E-state index contributed by atoms with van der Waals surface area (Å²) in [5.41, 5.74) is 7.21. The quantitative estimate of drug-likeness (QED) is 0.881. The molecule has 108 valence electrons. The standard InChI is InChI=1S/C12H13F3N4S/c1-2-19(7-8-4-3-5-9(16)6-8)11-18-17-10(20-11)12(13,14)15/h3-6H,2,7,16H2,1H3. The molecule has 0 fully saturated rings. The summed E-state index contributed by atoms with van der Waals surface area (Å²) < 4.78 is 37.6. The van der Waals surface area contributed by atoms with Crippen LogP contribution in [0.5, 0.6) is 0 Å². The summed E-state index contributed by atoms with van der Waals surface area (Å²) >= 11 is 0.543. The predicted molar refractivity (Wildman–Crippen MR) is 72.5 cm³/mol. The minimum atomic E-state index is -4.45. The third kappa shape index (κ3) is 3.38. The number of rotatable bonds is 4. The maximum absolute atomic E-state index is 12.5. The molecule has 2 aromatic rings. The van der Waals surface area contributed by atoms with Gasteiger partial charge in [0.15, 0.2) is 0 Å². The molecule has 0 bridgehead atoms. The molecule has 0 aliphatic heterocycles. The topological polar surface area (TPSA) is 55.0 Å². The average Bonchev–Trinajstić information content (AvgIpc) is 2.85. The lowest BCUT2D eigenvalue weighted by Gasteiger charge is -2.19. The smallest absolute Gasteiger partial charge is 0.399 e. The highest BCUT2D eigenvalue weighted by Crippen LogP contribution is 2.34. The van der Waals surface area contributed by atoms with E-state index in [1.54, 1.807) is 23.1 Å². The lowest BCUT2D eigenvalue weighted by molar-refractivity contribution is -0.138. The Morgan fingerprint density at radius 2 is 2.05 bits per heavy atom. The Hall–Kier alpha value is -1.83. The first kappa shape index (κ1) is 14.6. The lowest BCUT2D eigenvalue weighted by atomic mass is 10.2. The first-order valence-electron chi connectivity index (χ1n) is 5.90. The van der Waals surface area contributed by atoms with Crippen LogP contribution in [0.1, 0.15) is 17.5 Å². The highest BCUT2D eigenvalue weighted by molar-refractivity contribution is 7.15. The summed E-state index contributed by atoms with van der Waals surface area (Å²) in [4.78, 5) is 1.72. The molecule has 2 N–H and O–H groups in total. The van der Waals surface area contributed by atoms with Crippen molar-refractivity contribution in [2.75, 3.05) is 17.2 Å². The maximum Gasteiger partial charge on any atom is 0.445 e. The fraction of sp³-hybridized carbons (Fsp3) is 0.333. The Morgan fingerprint density at radius 1 is 1.30 bits per heavy atom. The van der Waals surface area contributed by atoms with Gasteiger partial charge in [0.05, 0.1) is 0 Å². The van der Waals surface area contributed by atoms with Crippen molar-refractivity contribution in [2.45, 2.75) is 19.6 Å². The van der Waals surface area contributed by atoms with E-state index in [0.717, 1.165) is 5.56 Å². The molecule has 2 rings (SSSR count). The third-order valence-electron chi connectivity index (χ3n) is 2.63. The number of hydrogen-bond acceptors (Lipinski definition) is 5.